The van der Waals surface area contributed by atoms with Crippen molar-refractivity contribution in [3.8, 4) is 0 Å². The smallest absolute Gasteiger partial charge is 0.191 e. The molecule has 7 heteroatoms. The van der Waals surface area contributed by atoms with Gasteiger partial charge in [0.1, 0.15) is 11.6 Å². The van der Waals surface area contributed by atoms with Crippen LogP contribution in [0.4, 0.5) is 0 Å². The topological polar surface area (TPSA) is 72.1 Å². The average Bonchev–Trinajstić information content (AvgIpc) is 3.40. The zero-order valence-electron chi connectivity index (χ0n) is 19.5. The first-order chi connectivity index (χ1) is 16.2. The highest BCUT2D eigenvalue weighted by molar-refractivity contribution is 5.79. The summed E-state index contributed by atoms with van der Waals surface area (Å²) in [4.78, 5) is 14.0. The molecule has 0 spiro atoms. The number of aromatic nitrogens is 4. The van der Waals surface area contributed by atoms with Crippen molar-refractivity contribution >= 4 is 17.0 Å². The van der Waals surface area contributed by atoms with E-state index in [1.165, 1.54) is 11.1 Å². The van der Waals surface area contributed by atoms with Gasteiger partial charge in [0.25, 0.3) is 0 Å². The van der Waals surface area contributed by atoms with Crippen molar-refractivity contribution in [2.45, 2.75) is 39.8 Å². The van der Waals surface area contributed by atoms with Gasteiger partial charge >= 0.3 is 0 Å². The molecule has 0 saturated heterocycles. The van der Waals surface area contributed by atoms with Gasteiger partial charge in [-0.1, -0.05) is 42.5 Å². The summed E-state index contributed by atoms with van der Waals surface area (Å²) in [6.45, 7) is 8.27. The van der Waals surface area contributed by atoms with E-state index in [1.54, 1.807) is 0 Å². The molecule has 0 aliphatic rings. The molecule has 0 unspecified atom stereocenters. The molecule has 0 bridgehead atoms. The number of hydrogen-bond acceptors (Lipinski definition) is 3. The van der Waals surface area contributed by atoms with Crippen molar-refractivity contribution in [2.75, 3.05) is 19.6 Å². The predicted octanol–water partition coefficient (Wildman–Crippen LogP) is 3.78. The molecule has 0 amide bonds. The molecule has 0 atom stereocenters. The molecule has 0 radical (unpaired) electrons. The van der Waals surface area contributed by atoms with Crippen LogP contribution < -0.4 is 10.6 Å². The molecule has 4 aromatic rings. The average molecular weight is 444 g/mol. The molecule has 4 rings (SSSR count). The number of guanidine groups is 1. The van der Waals surface area contributed by atoms with Crippen LogP contribution in [-0.4, -0.2) is 44.7 Å². The van der Waals surface area contributed by atoms with Crippen LogP contribution in [0.25, 0.3) is 11.0 Å². The highest BCUT2D eigenvalue weighted by Gasteiger charge is 2.07. The van der Waals surface area contributed by atoms with E-state index in [1.807, 2.05) is 24.5 Å². The summed E-state index contributed by atoms with van der Waals surface area (Å²) >= 11 is 0. The molecule has 0 fully saturated rings. The molecule has 0 aliphatic carbocycles. The first-order valence-electron chi connectivity index (χ1n) is 11.7. The second kappa shape index (κ2) is 11.3. The molecule has 2 N–H and O–H groups in total. The Morgan fingerprint density at radius 1 is 1.03 bits per heavy atom. The Labute approximate surface area is 195 Å². The van der Waals surface area contributed by atoms with Gasteiger partial charge < -0.3 is 19.8 Å². The minimum Gasteiger partial charge on any atom is -0.357 e. The van der Waals surface area contributed by atoms with E-state index in [9.17, 15) is 0 Å². The number of benzene rings is 2. The fraction of sp³-hybridized carbons (Fsp3) is 0.346. The lowest BCUT2D eigenvalue weighted by molar-refractivity contribution is 0.644. The number of aliphatic imine (C=N–C) groups is 1. The summed E-state index contributed by atoms with van der Waals surface area (Å²) < 4.78 is 4.48. The van der Waals surface area contributed by atoms with Gasteiger partial charge in [0.2, 0.25) is 0 Å². The summed E-state index contributed by atoms with van der Waals surface area (Å²) in [5.41, 5.74) is 3.52. The number of nitrogens with one attached hydrogen (secondary N) is 2. The van der Waals surface area contributed by atoms with E-state index in [2.05, 4.69) is 86.0 Å². The third-order valence-corrected chi connectivity index (χ3v) is 5.64. The quantitative estimate of drug-likeness (QED) is 0.222. The highest BCUT2D eigenvalue weighted by atomic mass is 15.2. The van der Waals surface area contributed by atoms with E-state index < -0.39 is 0 Å². The predicted molar refractivity (Wildman–Crippen MR) is 135 cm³/mol. The molecule has 7 nitrogen and oxygen atoms in total. The van der Waals surface area contributed by atoms with Crippen LogP contribution in [-0.2, 0) is 19.5 Å². The van der Waals surface area contributed by atoms with E-state index in [-0.39, 0.29) is 0 Å². The number of imidazole rings is 2. The molecule has 2 aromatic carbocycles. The normalized spacial score (nSPS) is 11.8. The Kier molecular flexibility index (Phi) is 7.74. The number of para-hydroxylation sites is 2. The lowest BCUT2D eigenvalue weighted by Gasteiger charge is -2.12. The summed E-state index contributed by atoms with van der Waals surface area (Å²) in [7, 11) is 0. The second-order valence-electron chi connectivity index (χ2n) is 8.05. The first kappa shape index (κ1) is 22.6. The summed E-state index contributed by atoms with van der Waals surface area (Å²) in [6.07, 6.45) is 5.71. The summed E-state index contributed by atoms with van der Waals surface area (Å²) in [5.74, 6) is 2.98. The summed E-state index contributed by atoms with van der Waals surface area (Å²) in [5, 5.41) is 6.80. The third-order valence-electron chi connectivity index (χ3n) is 5.64. The second-order valence-corrected chi connectivity index (χ2v) is 8.05. The van der Waals surface area contributed by atoms with Gasteiger partial charge in [0.15, 0.2) is 5.96 Å². The van der Waals surface area contributed by atoms with Crippen molar-refractivity contribution in [1.82, 2.24) is 29.7 Å². The maximum absolute atomic E-state index is 4.77. The van der Waals surface area contributed by atoms with Crippen molar-refractivity contribution in [3.05, 3.63) is 84.2 Å². The van der Waals surface area contributed by atoms with Gasteiger partial charge in [-0.3, -0.25) is 4.99 Å². The number of aryl methyl sites for hydroxylation is 2. The van der Waals surface area contributed by atoms with Crippen LogP contribution >= 0.6 is 0 Å². The number of hydrogen-bond donors (Lipinski definition) is 2. The van der Waals surface area contributed by atoms with Crippen LogP contribution in [0.5, 0.6) is 0 Å². The zero-order valence-corrected chi connectivity index (χ0v) is 19.5. The summed E-state index contributed by atoms with van der Waals surface area (Å²) in [6, 6.07) is 18.8. The van der Waals surface area contributed by atoms with Crippen LogP contribution in [0.15, 0.2) is 72.0 Å². The number of nitrogens with zero attached hydrogens (tertiary/aromatic N) is 5. The molecular weight excluding hydrogens is 410 g/mol. The molecule has 2 heterocycles. The molecule has 0 aliphatic heterocycles. The molecule has 2 aromatic heterocycles. The maximum atomic E-state index is 4.77. The Balaban J connectivity index is 1.28. The number of fused-ring (bicyclic) bond motifs is 1. The van der Waals surface area contributed by atoms with Crippen molar-refractivity contribution < 1.29 is 0 Å². The van der Waals surface area contributed by atoms with Crippen molar-refractivity contribution in [1.29, 1.82) is 0 Å². The van der Waals surface area contributed by atoms with Gasteiger partial charge in [0.05, 0.1) is 11.0 Å². The molecule has 33 heavy (non-hydrogen) atoms. The Bertz CT molecular complexity index is 1170. The molecular formula is C26H33N7. The van der Waals surface area contributed by atoms with Gasteiger partial charge in [0, 0.05) is 51.5 Å². The van der Waals surface area contributed by atoms with Gasteiger partial charge in [-0.25, -0.2) is 9.97 Å². The van der Waals surface area contributed by atoms with E-state index >= 15 is 0 Å². The van der Waals surface area contributed by atoms with Gasteiger partial charge in [-0.15, -0.1) is 0 Å². The van der Waals surface area contributed by atoms with Crippen LogP contribution in [0.1, 0.15) is 30.6 Å². The monoisotopic (exact) mass is 443 g/mol. The molecule has 0 saturated carbocycles. The van der Waals surface area contributed by atoms with Crippen LogP contribution in [0.3, 0.4) is 0 Å². The van der Waals surface area contributed by atoms with Crippen molar-refractivity contribution in [2.24, 2.45) is 4.99 Å². The lowest BCUT2D eigenvalue weighted by Crippen LogP contribution is -2.38. The van der Waals surface area contributed by atoms with Gasteiger partial charge in [-0.05, 0) is 38.0 Å². The zero-order chi connectivity index (χ0) is 22.9. The minimum absolute atomic E-state index is 0.754. The lowest BCUT2D eigenvalue weighted by atomic mass is 10.2. The largest absolute Gasteiger partial charge is 0.357 e. The third kappa shape index (κ3) is 6.00. The van der Waals surface area contributed by atoms with E-state index in [0.29, 0.717) is 0 Å². The Morgan fingerprint density at radius 3 is 2.70 bits per heavy atom. The van der Waals surface area contributed by atoms with Crippen molar-refractivity contribution in [3.63, 3.8) is 0 Å². The Morgan fingerprint density at radius 2 is 1.85 bits per heavy atom. The van der Waals surface area contributed by atoms with Crippen LogP contribution in [0.2, 0.25) is 0 Å². The van der Waals surface area contributed by atoms with Gasteiger partial charge in [-0.2, -0.15) is 0 Å². The van der Waals surface area contributed by atoms with E-state index in [0.717, 1.165) is 68.7 Å². The Hall–Kier alpha value is -3.61. The highest BCUT2D eigenvalue weighted by Crippen LogP contribution is 2.15. The first-order valence-corrected chi connectivity index (χ1v) is 11.7. The van der Waals surface area contributed by atoms with Crippen LogP contribution in [0, 0.1) is 6.92 Å². The SMILES string of the molecule is CCNC(=NCCCn1c(C)nc2ccccc21)NCCc1nccn1Cc1ccccc1. The number of rotatable bonds is 10. The molecule has 172 valence electrons. The fourth-order valence-corrected chi connectivity index (χ4v) is 4.02. The van der Waals surface area contributed by atoms with E-state index in [4.69, 9.17) is 4.99 Å². The maximum Gasteiger partial charge on any atom is 0.191 e. The minimum atomic E-state index is 0.754. The fourth-order valence-electron chi connectivity index (χ4n) is 4.02. The standard InChI is InChI=1S/C26H33N7/c1-3-27-26(29-15-9-18-33-21(2)31-23-12-7-8-13-24(23)33)30-16-14-25-28-17-19-32(25)20-22-10-5-4-6-11-22/h4-8,10-13,17,19H,3,9,14-16,18,20H2,1-2H3,(H2,27,29,30).